The van der Waals surface area contributed by atoms with Gasteiger partial charge in [0.05, 0.1) is 0 Å². The second kappa shape index (κ2) is 7.78. The highest BCUT2D eigenvalue weighted by molar-refractivity contribution is 6.30. The summed E-state index contributed by atoms with van der Waals surface area (Å²) in [5.74, 6) is -0.427. The largest absolute Gasteiger partial charge is 0.481 e. The SMILES string of the molecule is Cn1ccnc1C(NC(=O)CCCC(=O)O)c1ccc(Cl)cc1. The third kappa shape index (κ3) is 4.82. The highest BCUT2D eigenvalue weighted by atomic mass is 35.5. The summed E-state index contributed by atoms with van der Waals surface area (Å²) in [5, 5.41) is 12.2. The Balaban J connectivity index is 2.14. The number of aromatic nitrogens is 2. The molecule has 23 heavy (non-hydrogen) atoms. The number of carbonyl (C=O) groups is 2. The minimum absolute atomic E-state index is 0.0264. The van der Waals surface area contributed by atoms with Crippen molar-refractivity contribution in [3.8, 4) is 0 Å². The molecule has 2 aromatic rings. The predicted octanol–water partition coefficient (Wildman–Crippen LogP) is 2.53. The van der Waals surface area contributed by atoms with Gasteiger partial charge in [-0.25, -0.2) is 4.98 Å². The predicted molar refractivity (Wildman–Crippen MR) is 86.1 cm³/mol. The van der Waals surface area contributed by atoms with Crippen LogP contribution in [-0.4, -0.2) is 26.5 Å². The van der Waals surface area contributed by atoms with Crippen molar-refractivity contribution >= 4 is 23.5 Å². The first-order chi connectivity index (χ1) is 11.0. The summed E-state index contributed by atoms with van der Waals surface area (Å²) in [5.41, 5.74) is 0.857. The van der Waals surface area contributed by atoms with E-state index in [0.717, 1.165) is 5.56 Å². The first kappa shape index (κ1) is 17.0. The maximum atomic E-state index is 12.1. The molecule has 0 aliphatic rings. The topological polar surface area (TPSA) is 84.2 Å². The van der Waals surface area contributed by atoms with E-state index in [0.29, 0.717) is 17.3 Å². The average molecular weight is 336 g/mol. The smallest absolute Gasteiger partial charge is 0.303 e. The highest BCUT2D eigenvalue weighted by Crippen LogP contribution is 2.22. The molecule has 1 unspecified atom stereocenters. The number of imidazole rings is 1. The first-order valence-electron chi connectivity index (χ1n) is 7.21. The number of hydrogen-bond donors (Lipinski definition) is 2. The third-order valence-corrected chi connectivity index (χ3v) is 3.67. The Morgan fingerprint density at radius 2 is 2.00 bits per heavy atom. The van der Waals surface area contributed by atoms with E-state index >= 15 is 0 Å². The van der Waals surface area contributed by atoms with Gasteiger partial charge in [-0.2, -0.15) is 0 Å². The van der Waals surface area contributed by atoms with E-state index in [-0.39, 0.29) is 18.7 Å². The number of aryl methyl sites for hydroxylation is 1. The van der Waals surface area contributed by atoms with Gasteiger partial charge in [0, 0.05) is 37.3 Å². The van der Waals surface area contributed by atoms with Crippen LogP contribution in [0.25, 0.3) is 0 Å². The van der Waals surface area contributed by atoms with E-state index in [1.807, 2.05) is 23.7 Å². The summed E-state index contributed by atoms with van der Waals surface area (Å²) < 4.78 is 1.83. The zero-order chi connectivity index (χ0) is 16.8. The second-order valence-corrected chi connectivity index (χ2v) is 5.63. The second-order valence-electron chi connectivity index (χ2n) is 5.20. The molecule has 1 aromatic heterocycles. The van der Waals surface area contributed by atoms with Crippen LogP contribution in [0, 0.1) is 0 Å². The summed E-state index contributed by atoms with van der Waals surface area (Å²) in [7, 11) is 1.85. The van der Waals surface area contributed by atoms with E-state index < -0.39 is 12.0 Å². The van der Waals surface area contributed by atoms with Crippen LogP contribution >= 0.6 is 11.6 Å². The molecule has 122 valence electrons. The van der Waals surface area contributed by atoms with Crippen LogP contribution in [0.4, 0.5) is 0 Å². The molecule has 0 aliphatic heterocycles. The molecule has 0 spiro atoms. The molecule has 0 saturated heterocycles. The maximum Gasteiger partial charge on any atom is 0.303 e. The normalized spacial score (nSPS) is 11.9. The standard InChI is InChI=1S/C16H18ClN3O3/c1-20-10-9-18-16(20)15(11-5-7-12(17)8-6-11)19-13(21)3-2-4-14(22)23/h5-10,15H,2-4H2,1H3,(H,19,21)(H,22,23). The Kier molecular flexibility index (Phi) is 5.76. The van der Waals surface area contributed by atoms with Crippen LogP contribution in [0.3, 0.4) is 0 Å². The van der Waals surface area contributed by atoms with Crippen molar-refractivity contribution in [2.24, 2.45) is 7.05 Å². The molecule has 0 fully saturated rings. The minimum Gasteiger partial charge on any atom is -0.481 e. The molecule has 1 amide bonds. The summed E-state index contributed by atoms with van der Waals surface area (Å²) in [6.45, 7) is 0. The Morgan fingerprint density at radius 3 is 2.57 bits per heavy atom. The first-order valence-corrected chi connectivity index (χ1v) is 7.59. The molecular weight excluding hydrogens is 318 g/mol. The maximum absolute atomic E-state index is 12.1. The Bertz CT molecular complexity index is 682. The highest BCUT2D eigenvalue weighted by Gasteiger charge is 2.20. The Morgan fingerprint density at radius 1 is 1.30 bits per heavy atom. The molecule has 7 heteroatoms. The summed E-state index contributed by atoms with van der Waals surface area (Å²) in [6.07, 6.45) is 3.89. The number of carbonyl (C=O) groups excluding carboxylic acids is 1. The molecule has 0 saturated carbocycles. The van der Waals surface area contributed by atoms with Gasteiger partial charge in [-0.1, -0.05) is 23.7 Å². The van der Waals surface area contributed by atoms with Crippen molar-refractivity contribution in [3.05, 3.63) is 53.1 Å². The van der Waals surface area contributed by atoms with Crippen LogP contribution in [0.1, 0.15) is 36.7 Å². The number of nitrogens with zero attached hydrogens (tertiary/aromatic N) is 2. The van der Waals surface area contributed by atoms with Gasteiger partial charge < -0.3 is 15.0 Å². The van der Waals surface area contributed by atoms with Crippen LogP contribution in [-0.2, 0) is 16.6 Å². The van der Waals surface area contributed by atoms with Gasteiger partial charge in [0.1, 0.15) is 11.9 Å². The van der Waals surface area contributed by atoms with Crippen LogP contribution < -0.4 is 5.32 Å². The van der Waals surface area contributed by atoms with Gasteiger partial charge in [-0.3, -0.25) is 9.59 Å². The van der Waals surface area contributed by atoms with E-state index in [1.54, 1.807) is 24.5 Å². The lowest BCUT2D eigenvalue weighted by Gasteiger charge is -2.19. The fourth-order valence-corrected chi connectivity index (χ4v) is 2.37. The van der Waals surface area contributed by atoms with Crippen molar-refractivity contribution in [2.45, 2.75) is 25.3 Å². The van der Waals surface area contributed by atoms with Crippen molar-refractivity contribution in [1.82, 2.24) is 14.9 Å². The van der Waals surface area contributed by atoms with E-state index in [1.165, 1.54) is 0 Å². The minimum atomic E-state index is -0.906. The van der Waals surface area contributed by atoms with Gasteiger partial charge in [0.2, 0.25) is 5.91 Å². The van der Waals surface area contributed by atoms with Gasteiger partial charge in [-0.15, -0.1) is 0 Å². The van der Waals surface area contributed by atoms with Crippen LogP contribution in [0.5, 0.6) is 0 Å². The molecule has 2 rings (SSSR count). The third-order valence-electron chi connectivity index (χ3n) is 3.42. The number of rotatable bonds is 7. The number of halogens is 1. The molecule has 0 radical (unpaired) electrons. The number of amides is 1. The van der Waals surface area contributed by atoms with Gasteiger partial charge in [0.25, 0.3) is 0 Å². The number of hydrogen-bond acceptors (Lipinski definition) is 3. The van der Waals surface area contributed by atoms with Gasteiger partial charge in [-0.05, 0) is 24.1 Å². The average Bonchev–Trinajstić information content (AvgIpc) is 2.91. The molecule has 0 bridgehead atoms. The van der Waals surface area contributed by atoms with Crippen molar-refractivity contribution in [2.75, 3.05) is 0 Å². The number of benzene rings is 1. The van der Waals surface area contributed by atoms with E-state index in [2.05, 4.69) is 10.3 Å². The molecule has 2 N–H and O–H groups in total. The van der Waals surface area contributed by atoms with Gasteiger partial charge >= 0.3 is 5.97 Å². The zero-order valence-electron chi connectivity index (χ0n) is 12.7. The monoisotopic (exact) mass is 335 g/mol. The lowest BCUT2D eigenvalue weighted by Crippen LogP contribution is -2.31. The Hall–Kier alpha value is -2.34. The summed E-state index contributed by atoms with van der Waals surface area (Å²) in [4.78, 5) is 26.9. The lowest BCUT2D eigenvalue weighted by molar-refractivity contribution is -0.137. The number of carboxylic acids is 1. The molecule has 1 aromatic carbocycles. The Labute approximate surface area is 139 Å². The molecule has 6 nitrogen and oxygen atoms in total. The zero-order valence-corrected chi connectivity index (χ0v) is 13.5. The fourth-order valence-electron chi connectivity index (χ4n) is 2.24. The molecule has 1 atom stereocenters. The van der Waals surface area contributed by atoms with Crippen LogP contribution in [0.2, 0.25) is 5.02 Å². The quantitative estimate of drug-likeness (QED) is 0.814. The summed E-state index contributed by atoms with van der Waals surface area (Å²) in [6, 6.07) is 6.76. The van der Waals surface area contributed by atoms with E-state index in [4.69, 9.17) is 16.7 Å². The molecule has 1 heterocycles. The molecule has 0 aliphatic carbocycles. The van der Waals surface area contributed by atoms with Crippen LogP contribution in [0.15, 0.2) is 36.7 Å². The van der Waals surface area contributed by atoms with E-state index in [9.17, 15) is 9.59 Å². The summed E-state index contributed by atoms with van der Waals surface area (Å²) >= 11 is 5.91. The number of carboxylic acid groups (broad SMARTS) is 1. The number of aliphatic carboxylic acids is 1. The lowest BCUT2D eigenvalue weighted by atomic mass is 10.1. The van der Waals surface area contributed by atoms with Crippen molar-refractivity contribution < 1.29 is 14.7 Å². The molecular formula is C16H18ClN3O3. The van der Waals surface area contributed by atoms with Gasteiger partial charge in [0.15, 0.2) is 0 Å². The number of nitrogens with one attached hydrogen (secondary N) is 1. The van der Waals surface area contributed by atoms with Crippen molar-refractivity contribution in [1.29, 1.82) is 0 Å². The fraction of sp³-hybridized carbons (Fsp3) is 0.312. The van der Waals surface area contributed by atoms with Crippen molar-refractivity contribution in [3.63, 3.8) is 0 Å².